The highest BCUT2D eigenvalue weighted by molar-refractivity contribution is 8.00. The van der Waals surface area contributed by atoms with Crippen molar-refractivity contribution in [3.63, 3.8) is 0 Å². The zero-order valence-corrected chi connectivity index (χ0v) is 17.1. The van der Waals surface area contributed by atoms with Gasteiger partial charge < -0.3 is 9.73 Å². The monoisotopic (exact) mass is 401 g/mol. The molecule has 7 heteroatoms. The molecule has 2 aromatic carbocycles. The van der Waals surface area contributed by atoms with Crippen LogP contribution in [0.1, 0.15) is 23.6 Å². The van der Waals surface area contributed by atoms with E-state index in [0.29, 0.717) is 21.8 Å². The molecule has 5 nitrogen and oxygen atoms in total. The van der Waals surface area contributed by atoms with E-state index in [0.717, 1.165) is 22.3 Å². The maximum Gasteiger partial charge on any atom is 0.277 e. The van der Waals surface area contributed by atoms with Gasteiger partial charge >= 0.3 is 0 Å². The van der Waals surface area contributed by atoms with Crippen LogP contribution in [-0.2, 0) is 4.79 Å². The number of hydrogen-bond acceptors (Lipinski definition) is 5. The minimum Gasteiger partial charge on any atom is -0.411 e. The Bertz CT molecular complexity index is 967. The number of thioether (sulfide) groups is 1. The fourth-order valence-corrected chi connectivity index (χ4v) is 3.50. The van der Waals surface area contributed by atoms with Crippen LogP contribution in [0.25, 0.3) is 11.5 Å². The lowest BCUT2D eigenvalue weighted by Gasteiger charge is -2.12. The van der Waals surface area contributed by atoms with Gasteiger partial charge in [0.25, 0.3) is 5.22 Å². The van der Waals surface area contributed by atoms with Gasteiger partial charge in [0.15, 0.2) is 0 Å². The van der Waals surface area contributed by atoms with E-state index in [-0.39, 0.29) is 5.91 Å². The summed E-state index contributed by atoms with van der Waals surface area (Å²) in [4.78, 5) is 12.5. The Morgan fingerprint density at radius 3 is 2.52 bits per heavy atom. The van der Waals surface area contributed by atoms with Crippen LogP contribution in [0.5, 0.6) is 0 Å². The van der Waals surface area contributed by atoms with Gasteiger partial charge in [0, 0.05) is 16.3 Å². The van der Waals surface area contributed by atoms with Gasteiger partial charge in [-0.1, -0.05) is 46.6 Å². The molecule has 140 valence electrons. The van der Waals surface area contributed by atoms with E-state index in [2.05, 4.69) is 21.6 Å². The van der Waals surface area contributed by atoms with Crippen LogP contribution in [0.4, 0.5) is 5.69 Å². The molecule has 0 radical (unpaired) electrons. The Hall–Kier alpha value is -2.31. The molecular weight excluding hydrogens is 382 g/mol. The summed E-state index contributed by atoms with van der Waals surface area (Å²) >= 11 is 7.22. The molecule has 0 aliphatic heterocycles. The first-order valence-electron chi connectivity index (χ1n) is 8.47. The maximum absolute atomic E-state index is 12.5. The number of halogens is 1. The number of benzene rings is 2. The Morgan fingerprint density at radius 1 is 1.11 bits per heavy atom. The fraction of sp³-hybridized carbons (Fsp3) is 0.250. The minimum absolute atomic E-state index is 0.156. The molecule has 0 fully saturated rings. The van der Waals surface area contributed by atoms with Crippen LogP contribution < -0.4 is 5.32 Å². The molecule has 3 aromatic rings. The first kappa shape index (κ1) is 19.5. The quantitative estimate of drug-likeness (QED) is 0.577. The van der Waals surface area contributed by atoms with Gasteiger partial charge in [0.05, 0.1) is 5.25 Å². The molecule has 27 heavy (non-hydrogen) atoms. The predicted octanol–water partition coefficient (Wildman–Crippen LogP) is 5.43. The number of nitrogens with one attached hydrogen (secondary N) is 1. The molecule has 1 aromatic heterocycles. The van der Waals surface area contributed by atoms with E-state index in [9.17, 15) is 4.79 Å². The summed E-state index contributed by atoms with van der Waals surface area (Å²) in [5, 5.41) is 11.6. The fourth-order valence-electron chi connectivity index (χ4n) is 2.64. The molecule has 1 atom stereocenters. The van der Waals surface area contributed by atoms with E-state index < -0.39 is 5.25 Å². The standard InChI is InChI=1S/C20H20ClN3O2S/c1-11-7-12(2)9-15(8-11)19-23-24-20(26-19)27-14(4)18(25)22-17-10-16(21)6-5-13(17)3/h5-10,14H,1-4H3,(H,22,25)/t14-/m0/s1. The first-order chi connectivity index (χ1) is 12.8. The number of amides is 1. The van der Waals surface area contributed by atoms with Crippen molar-refractivity contribution >= 4 is 35.0 Å². The largest absolute Gasteiger partial charge is 0.411 e. The predicted molar refractivity (Wildman–Crippen MR) is 109 cm³/mol. The molecule has 0 unspecified atom stereocenters. The summed E-state index contributed by atoms with van der Waals surface area (Å²) in [5.41, 5.74) is 4.77. The molecule has 1 heterocycles. The second kappa shape index (κ2) is 8.15. The van der Waals surface area contributed by atoms with Crippen molar-refractivity contribution in [3.8, 4) is 11.5 Å². The summed E-state index contributed by atoms with van der Waals surface area (Å²) < 4.78 is 5.73. The molecule has 3 rings (SSSR count). The molecule has 0 saturated heterocycles. The lowest BCUT2D eigenvalue weighted by atomic mass is 10.1. The second-order valence-electron chi connectivity index (χ2n) is 6.46. The van der Waals surface area contributed by atoms with Crippen LogP contribution in [0, 0.1) is 20.8 Å². The highest BCUT2D eigenvalue weighted by atomic mass is 35.5. The van der Waals surface area contributed by atoms with E-state index in [1.165, 1.54) is 11.8 Å². The zero-order valence-electron chi connectivity index (χ0n) is 15.5. The molecular formula is C20H20ClN3O2S. The van der Waals surface area contributed by atoms with Gasteiger partial charge in [-0.3, -0.25) is 4.79 Å². The van der Waals surface area contributed by atoms with Gasteiger partial charge in [-0.2, -0.15) is 0 Å². The highest BCUT2D eigenvalue weighted by Crippen LogP contribution is 2.28. The molecule has 1 N–H and O–H groups in total. The number of aromatic nitrogens is 2. The Morgan fingerprint density at radius 2 is 1.81 bits per heavy atom. The second-order valence-corrected chi connectivity index (χ2v) is 8.19. The number of carbonyl (C=O) groups excluding carboxylic acids is 1. The number of hydrogen-bond donors (Lipinski definition) is 1. The van der Waals surface area contributed by atoms with Crippen LogP contribution in [0.3, 0.4) is 0 Å². The zero-order chi connectivity index (χ0) is 19.6. The molecule has 0 spiro atoms. The number of carbonyl (C=O) groups is 1. The van der Waals surface area contributed by atoms with Crippen LogP contribution >= 0.6 is 23.4 Å². The molecule has 1 amide bonds. The molecule has 0 saturated carbocycles. The first-order valence-corrected chi connectivity index (χ1v) is 9.73. The van der Waals surface area contributed by atoms with Crippen molar-refractivity contribution in [2.75, 3.05) is 5.32 Å². The molecule has 0 aliphatic carbocycles. The van der Waals surface area contributed by atoms with Crippen LogP contribution in [0.15, 0.2) is 46.0 Å². The lowest BCUT2D eigenvalue weighted by molar-refractivity contribution is -0.115. The van der Waals surface area contributed by atoms with Gasteiger partial charge in [-0.05, 0) is 57.5 Å². The number of nitrogens with zero attached hydrogens (tertiary/aromatic N) is 2. The summed E-state index contributed by atoms with van der Waals surface area (Å²) in [6.07, 6.45) is 0. The highest BCUT2D eigenvalue weighted by Gasteiger charge is 2.19. The van der Waals surface area contributed by atoms with Gasteiger partial charge in [-0.15, -0.1) is 10.2 Å². The summed E-state index contributed by atoms with van der Waals surface area (Å²) in [6, 6.07) is 11.5. The van der Waals surface area contributed by atoms with Gasteiger partial charge in [0.2, 0.25) is 11.8 Å². The molecule has 0 bridgehead atoms. The third-order valence-electron chi connectivity index (χ3n) is 3.98. The normalized spacial score (nSPS) is 12.0. The van der Waals surface area contributed by atoms with Crippen molar-refractivity contribution < 1.29 is 9.21 Å². The summed E-state index contributed by atoms with van der Waals surface area (Å²) in [5.74, 6) is 0.291. The van der Waals surface area contributed by atoms with Gasteiger partial charge in [0.1, 0.15) is 0 Å². The summed E-state index contributed by atoms with van der Waals surface area (Å²) in [7, 11) is 0. The van der Waals surface area contributed by atoms with Gasteiger partial charge in [-0.25, -0.2) is 0 Å². The Kier molecular flexibility index (Phi) is 5.87. The third kappa shape index (κ3) is 4.90. The number of anilines is 1. The lowest BCUT2D eigenvalue weighted by Crippen LogP contribution is -2.22. The van der Waals surface area contributed by atoms with Crippen molar-refractivity contribution in [1.82, 2.24) is 10.2 Å². The van der Waals surface area contributed by atoms with Crippen LogP contribution in [-0.4, -0.2) is 21.4 Å². The summed E-state index contributed by atoms with van der Waals surface area (Å²) in [6.45, 7) is 7.75. The van der Waals surface area contributed by atoms with Crippen molar-refractivity contribution in [1.29, 1.82) is 0 Å². The molecule has 0 aliphatic rings. The van der Waals surface area contributed by atoms with E-state index in [1.807, 2.05) is 39.0 Å². The Balaban J connectivity index is 1.69. The van der Waals surface area contributed by atoms with Crippen molar-refractivity contribution in [2.24, 2.45) is 0 Å². The number of aryl methyl sites for hydroxylation is 3. The SMILES string of the molecule is Cc1cc(C)cc(-c2nnc(S[C@@H](C)C(=O)Nc3cc(Cl)ccc3C)o2)c1. The Labute approximate surface area is 167 Å². The smallest absolute Gasteiger partial charge is 0.277 e. The van der Waals surface area contributed by atoms with Crippen LogP contribution in [0.2, 0.25) is 5.02 Å². The maximum atomic E-state index is 12.5. The number of rotatable bonds is 5. The topological polar surface area (TPSA) is 68.0 Å². The third-order valence-corrected chi connectivity index (χ3v) is 5.15. The van der Waals surface area contributed by atoms with E-state index >= 15 is 0 Å². The van der Waals surface area contributed by atoms with Crippen molar-refractivity contribution in [3.05, 3.63) is 58.1 Å². The van der Waals surface area contributed by atoms with E-state index in [1.54, 1.807) is 19.1 Å². The average Bonchev–Trinajstić information content (AvgIpc) is 3.05. The average molecular weight is 402 g/mol. The minimum atomic E-state index is -0.407. The van der Waals surface area contributed by atoms with E-state index in [4.69, 9.17) is 16.0 Å². The van der Waals surface area contributed by atoms with Crippen molar-refractivity contribution in [2.45, 2.75) is 38.2 Å².